The maximum Gasteiger partial charge on any atom is 0.267 e. The molecule has 180 valence electrons. The summed E-state index contributed by atoms with van der Waals surface area (Å²) in [4.78, 5) is 20.6. The number of rotatable bonds is 7. The van der Waals surface area contributed by atoms with E-state index < -0.39 is 10.0 Å². The van der Waals surface area contributed by atoms with Gasteiger partial charge in [-0.3, -0.25) is 4.79 Å². The van der Waals surface area contributed by atoms with E-state index in [1.165, 1.54) is 11.3 Å². The lowest BCUT2D eigenvalue weighted by Crippen LogP contribution is -2.37. The van der Waals surface area contributed by atoms with Crippen LogP contribution in [0.1, 0.15) is 53.0 Å². The van der Waals surface area contributed by atoms with Gasteiger partial charge in [0.1, 0.15) is 4.88 Å². The Bertz CT molecular complexity index is 1090. The fraction of sp³-hybridized carbons (Fsp3) is 0.565. The Morgan fingerprint density at radius 3 is 2.58 bits per heavy atom. The number of hydrogen-bond donors (Lipinski definition) is 1. The lowest BCUT2D eigenvalue weighted by Gasteiger charge is -2.31. The number of sulfonamides is 1. The molecule has 1 aromatic heterocycles. The molecule has 0 aliphatic carbocycles. The molecule has 0 unspecified atom stereocenters. The molecule has 2 fully saturated rings. The smallest absolute Gasteiger partial charge is 0.267 e. The molecule has 33 heavy (non-hydrogen) atoms. The zero-order valence-electron chi connectivity index (χ0n) is 19.3. The van der Waals surface area contributed by atoms with Gasteiger partial charge in [-0.25, -0.2) is 13.4 Å². The maximum absolute atomic E-state index is 13.3. The molecule has 2 aliphatic rings. The fourth-order valence-corrected chi connectivity index (χ4v) is 6.88. The van der Waals surface area contributed by atoms with Gasteiger partial charge in [0, 0.05) is 26.2 Å². The number of amides is 1. The number of nitrogens with one attached hydrogen (secondary N) is 1. The molecular weight excluding hydrogens is 460 g/mol. The summed E-state index contributed by atoms with van der Waals surface area (Å²) in [5, 5.41) is 3.94. The summed E-state index contributed by atoms with van der Waals surface area (Å²) in [5.74, 6) is -0.255. The molecule has 4 rings (SSSR count). The monoisotopic (exact) mass is 492 g/mol. The number of aromatic nitrogens is 1. The number of carbonyl (C=O) groups excluding carboxylic acids is 1. The number of aryl methyl sites for hydroxylation is 2. The quantitative estimate of drug-likeness (QED) is 0.634. The first-order valence-corrected chi connectivity index (χ1v) is 13.9. The second-order valence-electron chi connectivity index (χ2n) is 8.47. The Labute approximate surface area is 200 Å². The van der Waals surface area contributed by atoms with Crippen molar-refractivity contribution in [1.82, 2.24) is 9.29 Å². The Morgan fingerprint density at radius 2 is 1.88 bits per heavy atom. The third-order valence-corrected chi connectivity index (χ3v) is 9.14. The third kappa shape index (κ3) is 5.40. The molecule has 0 spiro atoms. The van der Waals surface area contributed by atoms with Crippen molar-refractivity contribution in [2.24, 2.45) is 0 Å². The average molecular weight is 493 g/mol. The molecule has 0 saturated carbocycles. The van der Waals surface area contributed by atoms with Crippen molar-refractivity contribution in [2.45, 2.75) is 50.8 Å². The van der Waals surface area contributed by atoms with Gasteiger partial charge in [0.05, 0.1) is 40.2 Å². The predicted molar refractivity (Wildman–Crippen MR) is 131 cm³/mol. The van der Waals surface area contributed by atoms with Crippen LogP contribution in [0.15, 0.2) is 23.1 Å². The van der Waals surface area contributed by atoms with Gasteiger partial charge in [0.2, 0.25) is 10.0 Å². The predicted octanol–water partition coefficient (Wildman–Crippen LogP) is 3.67. The number of benzene rings is 1. The van der Waals surface area contributed by atoms with Gasteiger partial charge in [-0.15, -0.1) is 11.3 Å². The lowest BCUT2D eigenvalue weighted by atomic mass is 10.2. The number of piperidine rings is 1. The molecule has 0 bridgehead atoms. The van der Waals surface area contributed by atoms with Crippen LogP contribution in [0.4, 0.5) is 11.4 Å². The maximum atomic E-state index is 13.3. The zero-order chi connectivity index (χ0) is 23.4. The molecule has 3 heterocycles. The molecule has 2 aromatic rings. The van der Waals surface area contributed by atoms with Crippen LogP contribution in [-0.2, 0) is 21.2 Å². The summed E-state index contributed by atoms with van der Waals surface area (Å²) in [5.41, 5.74) is 2.01. The van der Waals surface area contributed by atoms with E-state index >= 15 is 0 Å². The highest BCUT2D eigenvalue weighted by atomic mass is 32.2. The second kappa shape index (κ2) is 10.5. The highest BCUT2D eigenvalue weighted by molar-refractivity contribution is 7.89. The first-order chi connectivity index (χ1) is 15.9. The summed E-state index contributed by atoms with van der Waals surface area (Å²) in [6.07, 6.45) is 4.60. The molecule has 10 heteroatoms. The molecule has 0 radical (unpaired) electrons. The summed E-state index contributed by atoms with van der Waals surface area (Å²) < 4.78 is 33.6. The second-order valence-corrected chi connectivity index (χ2v) is 11.5. The summed E-state index contributed by atoms with van der Waals surface area (Å²) in [6.45, 7) is 7.54. The minimum absolute atomic E-state index is 0.212. The third-order valence-electron chi connectivity index (χ3n) is 6.03. The van der Waals surface area contributed by atoms with Gasteiger partial charge in [-0.05, 0) is 50.8 Å². The number of carbonyl (C=O) groups is 1. The van der Waals surface area contributed by atoms with Gasteiger partial charge in [-0.2, -0.15) is 4.31 Å². The lowest BCUT2D eigenvalue weighted by molar-refractivity contribution is 0.102. The first-order valence-electron chi connectivity index (χ1n) is 11.6. The summed E-state index contributed by atoms with van der Waals surface area (Å²) >= 11 is 1.40. The largest absolute Gasteiger partial charge is 0.378 e. The number of morpholine rings is 1. The molecule has 1 aromatic carbocycles. The van der Waals surface area contributed by atoms with Gasteiger partial charge in [0.25, 0.3) is 5.91 Å². The number of thiazole rings is 1. The molecule has 8 nitrogen and oxygen atoms in total. The van der Waals surface area contributed by atoms with Crippen molar-refractivity contribution in [3.8, 4) is 0 Å². The fourth-order valence-electron chi connectivity index (χ4n) is 4.27. The molecule has 1 amide bonds. The molecule has 2 saturated heterocycles. The van der Waals surface area contributed by atoms with E-state index in [1.54, 1.807) is 22.5 Å². The minimum atomic E-state index is -3.61. The van der Waals surface area contributed by atoms with Crippen LogP contribution in [-0.4, -0.2) is 63.0 Å². The Kier molecular flexibility index (Phi) is 7.68. The summed E-state index contributed by atoms with van der Waals surface area (Å²) in [7, 11) is -3.61. The van der Waals surface area contributed by atoms with Crippen molar-refractivity contribution < 1.29 is 17.9 Å². The zero-order valence-corrected chi connectivity index (χ0v) is 20.9. The first kappa shape index (κ1) is 24.1. The van der Waals surface area contributed by atoms with E-state index in [9.17, 15) is 13.2 Å². The van der Waals surface area contributed by atoms with Crippen molar-refractivity contribution in [3.63, 3.8) is 0 Å². The Hall–Kier alpha value is -2.01. The molecule has 2 aliphatic heterocycles. The average Bonchev–Trinajstić information content (AvgIpc) is 3.20. The van der Waals surface area contributed by atoms with Crippen LogP contribution in [0.3, 0.4) is 0 Å². The summed E-state index contributed by atoms with van der Waals surface area (Å²) in [6, 6.07) is 5.07. The number of hydrogen-bond acceptors (Lipinski definition) is 7. The van der Waals surface area contributed by atoms with E-state index in [1.807, 2.05) is 6.92 Å². The van der Waals surface area contributed by atoms with Gasteiger partial charge < -0.3 is 15.0 Å². The minimum Gasteiger partial charge on any atom is -0.378 e. The number of ether oxygens (including phenoxy) is 1. The SMILES string of the molecule is CCCc1nc(C)c(C(=O)Nc2cc(S(=O)(=O)N3CCCCC3)ccc2N2CCOCC2)s1. The van der Waals surface area contributed by atoms with Crippen molar-refractivity contribution in [3.05, 3.63) is 33.8 Å². The topological polar surface area (TPSA) is 91.8 Å². The van der Waals surface area contributed by atoms with E-state index in [0.29, 0.717) is 55.7 Å². The van der Waals surface area contributed by atoms with Gasteiger partial charge in [0.15, 0.2) is 0 Å². The molecule has 1 N–H and O–H groups in total. The van der Waals surface area contributed by atoms with Crippen LogP contribution in [0.5, 0.6) is 0 Å². The Balaban J connectivity index is 1.67. The van der Waals surface area contributed by atoms with Crippen LogP contribution >= 0.6 is 11.3 Å². The van der Waals surface area contributed by atoms with Gasteiger partial charge in [-0.1, -0.05) is 13.3 Å². The molecule has 0 atom stereocenters. The van der Waals surface area contributed by atoms with Crippen molar-refractivity contribution >= 4 is 38.6 Å². The van der Waals surface area contributed by atoms with Crippen LogP contribution in [0.2, 0.25) is 0 Å². The normalized spacial score (nSPS) is 17.8. The van der Waals surface area contributed by atoms with Crippen LogP contribution in [0, 0.1) is 6.92 Å². The highest BCUT2D eigenvalue weighted by Crippen LogP contribution is 2.32. The van der Waals surface area contributed by atoms with Crippen molar-refractivity contribution in [1.29, 1.82) is 0 Å². The number of anilines is 2. The van der Waals surface area contributed by atoms with Gasteiger partial charge >= 0.3 is 0 Å². The number of nitrogens with zero attached hydrogens (tertiary/aromatic N) is 3. The van der Waals surface area contributed by atoms with E-state index in [4.69, 9.17) is 4.74 Å². The standard InChI is InChI=1S/C23H32N4O4S2/c1-3-7-21-24-17(2)22(32-21)23(28)25-19-16-18(33(29,30)27-10-5-4-6-11-27)8-9-20(19)26-12-14-31-15-13-26/h8-9,16H,3-7,10-15H2,1-2H3,(H,25,28). The Morgan fingerprint density at radius 1 is 1.15 bits per heavy atom. The van der Waals surface area contributed by atoms with E-state index in [-0.39, 0.29) is 10.8 Å². The van der Waals surface area contributed by atoms with Crippen LogP contribution < -0.4 is 10.2 Å². The van der Waals surface area contributed by atoms with Crippen molar-refractivity contribution in [2.75, 3.05) is 49.6 Å². The van der Waals surface area contributed by atoms with Crippen LogP contribution in [0.25, 0.3) is 0 Å². The van der Waals surface area contributed by atoms with E-state index in [0.717, 1.165) is 42.8 Å². The van der Waals surface area contributed by atoms with E-state index in [2.05, 4.69) is 22.1 Å². The highest BCUT2D eigenvalue weighted by Gasteiger charge is 2.28. The molecular formula is C23H32N4O4S2.